The summed E-state index contributed by atoms with van der Waals surface area (Å²) in [5.74, 6) is 0. The summed E-state index contributed by atoms with van der Waals surface area (Å²) < 4.78 is 6.55. The molecule has 0 saturated heterocycles. The maximum atomic E-state index is 6.55. The van der Waals surface area contributed by atoms with Crippen molar-refractivity contribution in [3.05, 3.63) is 224 Å². The number of fused-ring (bicyclic) bond motifs is 5. The van der Waals surface area contributed by atoms with Gasteiger partial charge in [0.05, 0.1) is 5.69 Å². The summed E-state index contributed by atoms with van der Waals surface area (Å²) in [6, 6.07) is 80.7. The second kappa shape index (κ2) is 14.1. The lowest BCUT2D eigenvalue weighted by molar-refractivity contribution is 0.669. The van der Waals surface area contributed by atoms with E-state index in [1.807, 2.05) is 0 Å². The lowest BCUT2D eigenvalue weighted by Gasteiger charge is -2.28. The van der Waals surface area contributed by atoms with Crippen LogP contribution in [0.25, 0.3) is 88.0 Å². The number of anilines is 3. The van der Waals surface area contributed by atoms with Crippen LogP contribution in [0.1, 0.15) is 0 Å². The summed E-state index contributed by atoms with van der Waals surface area (Å²) in [4.78, 5) is 2.37. The van der Waals surface area contributed by atoms with Crippen molar-refractivity contribution in [1.29, 1.82) is 0 Å². The van der Waals surface area contributed by atoms with Crippen molar-refractivity contribution in [2.24, 2.45) is 0 Å². The van der Waals surface area contributed by atoms with Crippen LogP contribution in [0, 0.1) is 0 Å². The average molecular weight is 740 g/mol. The van der Waals surface area contributed by atoms with Crippen molar-refractivity contribution in [2.45, 2.75) is 0 Å². The van der Waals surface area contributed by atoms with Crippen LogP contribution in [0.3, 0.4) is 0 Å². The molecule has 11 aromatic rings. The third kappa shape index (κ3) is 6.00. The van der Waals surface area contributed by atoms with E-state index in [-0.39, 0.29) is 0 Å². The van der Waals surface area contributed by atoms with Crippen LogP contribution in [0.4, 0.5) is 17.1 Å². The van der Waals surface area contributed by atoms with E-state index in [9.17, 15) is 0 Å². The molecule has 2 nitrogen and oxygen atoms in total. The van der Waals surface area contributed by atoms with E-state index in [1.165, 1.54) is 54.9 Å². The van der Waals surface area contributed by atoms with Crippen LogP contribution in [0.15, 0.2) is 229 Å². The van der Waals surface area contributed by atoms with Crippen LogP contribution in [0.5, 0.6) is 0 Å². The Kier molecular flexibility index (Phi) is 8.19. The van der Waals surface area contributed by atoms with Crippen molar-refractivity contribution >= 4 is 60.5 Å². The van der Waals surface area contributed by atoms with Gasteiger partial charge < -0.3 is 9.32 Å². The summed E-state index contributed by atoms with van der Waals surface area (Å²) in [5.41, 5.74) is 14.4. The standard InChI is InChI=1S/C56H37NO/c1-2-12-38(13-3-1)39-24-29-47(30-25-39)57(48-31-26-40(27-32-48)42-18-10-19-45(34-42)50-22-11-17-41-14-6-7-20-49(41)50)54-23-9-8-21-51(54)46-28-33-52-53-35-43-15-4-5-16-44(43)36-56(53)58-55(52)37-46/h1-37H. The predicted molar refractivity (Wildman–Crippen MR) is 245 cm³/mol. The molecule has 0 atom stereocenters. The van der Waals surface area contributed by atoms with E-state index in [0.717, 1.165) is 50.1 Å². The van der Waals surface area contributed by atoms with Crippen LogP contribution in [-0.4, -0.2) is 0 Å². The Morgan fingerprint density at radius 3 is 1.59 bits per heavy atom. The minimum atomic E-state index is 0.881. The monoisotopic (exact) mass is 739 g/mol. The molecular weight excluding hydrogens is 703 g/mol. The van der Waals surface area contributed by atoms with Gasteiger partial charge in [-0.25, -0.2) is 0 Å². The number of para-hydroxylation sites is 1. The van der Waals surface area contributed by atoms with Crippen molar-refractivity contribution in [1.82, 2.24) is 0 Å². The Bertz CT molecular complexity index is 3260. The first-order valence-corrected chi connectivity index (χ1v) is 19.8. The quantitative estimate of drug-likeness (QED) is 0.162. The number of nitrogens with zero attached hydrogens (tertiary/aromatic N) is 1. The molecule has 272 valence electrons. The van der Waals surface area contributed by atoms with Gasteiger partial charge in [-0.2, -0.15) is 0 Å². The van der Waals surface area contributed by atoms with E-state index >= 15 is 0 Å². The molecule has 0 aliphatic carbocycles. The molecule has 0 fully saturated rings. The zero-order chi connectivity index (χ0) is 38.4. The molecule has 0 unspecified atom stereocenters. The second-order valence-corrected chi connectivity index (χ2v) is 14.9. The smallest absolute Gasteiger partial charge is 0.136 e. The van der Waals surface area contributed by atoms with Crippen LogP contribution in [0.2, 0.25) is 0 Å². The van der Waals surface area contributed by atoms with E-state index < -0.39 is 0 Å². The SMILES string of the molecule is c1ccc(-c2ccc(N(c3ccc(-c4cccc(-c5cccc6ccccc56)c4)cc3)c3ccccc3-c3ccc4c(c3)oc3cc5ccccc5cc34)cc2)cc1. The summed E-state index contributed by atoms with van der Waals surface area (Å²) in [7, 11) is 0. The average Bonchev–Trinajstić information content (AvgIpc) is 3.65. The lowest BCUT2D eigenvalue weighted by Crippen LogP contribution is -2.11. The van der Waals surface area contributed by atoms with Crippen molar-refractivity contribution in [2.75, 3.05) is 4.90 Å². The van der Waals surface area contributed by atoms with Gasteiger partial charge in [-0.05, 0) is 121 Å². The first-order chi connectivity index (χ1) is 28.7. The van der Waals surface area contributed by atoms with E-state index in [0.29, 0.717) is 0 Å². The third-order valence-corrected chi connectivity index (χ3v) is 11.5. The number of rotatable bonds is 7. The minimum Gasteiger partial charge on any atom is -0.456 e. The molecule has 0 spiro atoms. The van der Waals surface area contributed by atoms with Crippen LogP contribution >= 0.6 is 0 Å². The molecular formula is C56H37NO. The molecule has 0 amide bonds. The number of benzene rings is 10. The Hall–Kier alpha value is -7.68. The molecule has 0 radical (unpaired) electrons. The summed E-state index contributed by atoms with van der Waals surface area (Å²) in [5, 5.41) is 7.16. The molecule has 0 aliphatic heterocycles. The van der Waals surface area contributed by atoms with Gasteiger partial charge in [0.25, 0.3) is 0 Å². The molecule has 2 heteroatoms. The van der Waals surface area contributed by atoms with Gasteiger partial charge in [-0.1, -0.05) is 164 Å². The van der Waals surface area contributed by atoms with Gasteiger partial charge in [0.2, 0.25) is 0 Å². The van der Waals surface area contributed by atoms with Gasteiger partial charge >= 0.3 is 0 Å². The molecule has 1 aromatic heterocycles. The molecule has 0 N–H and O–H groups in total. The summed E-state index contributed by atoms with van der Waals surface area (Å²) in [6.45, 7) is 0. The van der Waals surface area contributed by atoms with Gasteiger partial charge in [0, 0.05) is 27.7 Å². The van der Waals surface area contributed by atoms with Gasteiger partial charge in [-0.15, -0.1) is 0 Å². The Labute approximate surface area is 337 Å². The molecule has 58 heavy (non-hydrogen) atoms. The van der Waals surface area contributed by atoms with Crippen molar-refractivity contribution in [3.63, 3.8) is 0 Å². The largest absolute Gasteiger partial charge is 0.456 e. The van der Waals surface area contributed by atoms with E-state index in [2.05, 4.69) is 229 Å². The van der Waals surface area contributed by atoms with E-state index in [4.69, 9.17) is 4.42 Å². The topological polar surface area (TPSA) is 16.4 Å². The fourth-order valence-electron chi connectivity index (χ4n) is 8.55. The number of hydrogen-bond donors (Lipinski definition) is 0. The Balaban J connectivity index is 1.01. The lowest BCUT2D eigenvalue weighted by atomic mass is 9.95. The molecule has 0 aliphatic rings. The normalized spacial score (nSPS) is 11.4. The van der Waals surface area contributed by atoms with Crippen LogP contribution < -0.4 is 4.90 Å². The second-order valence-electron chi connectivity index (χ2n) is 14.9. The first-order valence-electron chi connectivity index (χ1n) is 19.8. The molecule has 11 rings (SSSR count). The van der Waals surface area contributed by atoms with Gasteiger partial charge in [0.1, 0.15) is 11.2 Å². The van der Waals surface area contributed by atoms with Crippen molar-refractivity contribution in [3.8, 4) is 44.5 Å². The van der Waals surface area contributed by atoms with Gasteiger partial charge in [-0.3, -0.25) is 0 Å². The zero-order valence-electron chi connectivity index (χ0n) is 31.7. The molecule has 0 saturated carbocycles. The Morgan fingerprint density at radius 2 is 0.793 bits per heavy atom. The highest BCUT2D eigenvalue weighted by molar-refractivity contribution is 6.11. The number of hydrogen-bond acceptors (Lipinski definition) is 2. The van der Waals surface area contributed by atoms with Gasteiger partial charge in [0.15, 0.2) is 0 Å². The Morgan fingerprint density at radius 1 is 0.276 bits per heavy atom. The molecule has 10 aromatic carbocycles. The highest BCUT2D eigenvalue weighted by Gasteiger charge is 2.19. The maximum Gasteiger partial charge on any atom is 0.136 e. The molecule has 0 bridgehead atoms. The van der Waals surface area contributed by atoms with E-state index in [1.54, 1.807) is 0 Å². The summed E-state index contributed by atoms with van der Waals surface area (Å²) in [6.07, 6.45) is 0. The fraction of sp³-hybridized carbons (Fsp3) is 0. The third-order valence-electron chi connectivity index (χ3n) is 11.5. The maximum absolute atomic E-state index is 6.55. The zero-order valence-corrected chi connectivity index (χ0v) is 31.7. The fourth-order valence-corrected chi connectivity index (χ4v) is 8.55. The summed E-state index contributed by atoms with van der Waals surface area (Å²) >= 11 is 0. The van der Waals surface area contributed by atoms with Crippen LogP contribution in [-0.2, 0) is 0 Å². The highest BCUT2D eigenvalue weighted by Crippen LogP contribution is 2.43. The first kappa shape index (κ1) is 33.6. The number of furan rings is 1. The van der Waals surface area contributed by atoms with Crippen molar-refractivity contribution < 1.29 is 4.42 Å². The predicted octanol–water partition coefficient (Wildman–Crippen LogP) is 16.0. The molecule has 1 heterocycles. The minimum absolute atomic E-state index is 0.881. The highest BCUT2D eigenvalue weighted by atomic mass is 16.3.